The maximum Gasteiger partial charge on any atom is 0.338 e. The number of hydrogen-bond donors (Lipinski definition) is 2. The highest BCUT2D eigenvalue weighted by Gasteiger charge is 2.24. The van der Waals surface area contributed by atoms with Crippen LogP contribution < -0.4 is 0 Å². The van der Waals surface area contributed by atoms with Crippen LogP contribution in [0.15, 0.2) is 12.1 Å². The molecule has 0 saturated heterocycles. The Bertz CT molecular complexity index is 451. The minimum atomic E-state index is -1.48. The second kappa shape index (κ2) is 4.16. The summed E-state index contributed by atoms with van der Waals surface area (Å²) >= 11 is 0. The zero-order valence-corrected chi connectivity index (χ0v) is 9.74. The van der Waals surface area contributed by atoms with Gasteiger partial charge in [-0.25, -0.2) is 14.0 Å². The maximum absolute atomic E-state index is 13.6. The first kappa shape index (κ1) is 13.2. The number of carboxylic acid groups (broad SMARTS) is 2. The SMILES string of the molecule is CC(C)(C)c1cc(C(=O)O)c(F)c(C(=O)O)c1. The third kappa shape index (κ3) is 2.61. The van der Waals surface area contributed by atoms with E-state index >= 15 is 0 Å². The van der Waals surface area contributed by atoms with Crippen LogP contribution in [-0.4, -0.2) is 22.2 Å². The summed E-state index contributed by atoms with van der Waals surface area (Å²) in [4.78, 5) is 21.7. The molecule has 0 aliphatic carbocycles. The van der Waals surface area contributed by atoms with E-state index in [0.717, 1.165) is 0 Å². The number of hydrogen-bond acceptors (Lipinski definition) is 2. The largest absolute Gasteiger partial charge is 0.478 e. The Morgan fingerprint density at radius 1 is 1.06 bits per heavy atom. The first-order valence-corrected chi connectivity index (χ1v) is 4.95. The van der Waals surface area contributed by atoms with Gasteiger partial charge in [0.05, 0.1) is 11.1 Å². The summed E-state index contributed by atoms with van der Waals surface area (Å²) in [5.74, 6) is -4.16. The molecule has 1 rings (SSSR count). The monoisotopic (exact) mass is 240 g/mol. The first-order valence-electron chi connectivity index (χ1n) is 4.95. The second-order valence-electron chi connectivity index (χ2n) is 4.75. The molecule has 0 fully saturated rings. The summed E-state index contributed by atoms with van der Waals surface area (Å²) in [6.45, 7) is 5.37. The Balaban J connectivity index is 3.59. The van der Waals surface area contributed by atoms with Crippen molar-refractivity contribution in [3.63, 3.8) is 0 Å². The standard InChI is InChI=1S/C12H13FO4/c1-12(2,3)6-4-7(10(14)15)9(13)8(5-6)11(16)17/h4-5H,1-3H3,(H,14,15)(H,16,17). The Hall–Kier alpha value is -1.91. The van der Waals surface area contributed by atoms with E-state index in [1.165, 1.54) is 12.1 Å². The topological polar surface area (TPSA) is 74.6 Å². The maximum atomic E-state index is 13.6. The van der Waals surface area contributed by atoms with Crippen LogP contribution in [0.25, 0.3) is 0 Å². The van der Waals surface area contributed by atoms with Gasteiger partial charge in [0.25, 0.3) is 0 Å². The van der Waals surface area contributed by atoms with Gasteiger partial charge in [-0.2, -0.15) is 0 Å². The van der Waals surface area contributed by atoms with Crippen molar-refractivity contribution in [1.29, 1.82) is 0 Å². The Kier molecular flexibility index (Phi) is 3.22. The van der Waals surface area contributed by atoms with E-state index in [1.807, 2.05) is 0 Å². The first-order chi connectivity index (χ1) is 7.64. The summed E-state index contributed by atoms with van der Waals surface area (Å²) in [6.07, 6.45) is 0. The number of carbonyl (C=O) groups is 2. The van der Waals surface area contributed by atoms with Gasteiger partial charge in [-0.3, -0.25) is 0 Å². The molecule has 92 valence electrons. The van der Waals surface area contributed by atoms with Crippen LogP contribution in [0.2, 0.25) is 0 Å². The normalized spacial score (nSPS) is 11.3. The van der Waals surface area contributed by atoms with Crippen LogP contribution in [-0.2, 0) is 5.41 Å². The van der Waals surface area contributed by atoms with Crippen molar-refractivity contribution in [1.82, 2.24) is 0 Å². The summed E-state index contributed by atoms with van der Waals surface area (Å²) < 4.78 is 13.6. The molecule has 0 radical (unpaired) electrons. The molecule has 0 bridgehead atoms. The Morgan fingerprint density at radius 2 is 1.41 bits per heavy atom. The van der Waals surface area contributed by atoms with E-state index in [-0.39, 0.29) is 0 Å². The lowest BCUT2D eigenvalue weighted by atomic mass is 9.85. The molecule has 0 spiro atoms. The molecule has 0 aromatic heterocycles. The van der Waals surface area contributed by atoms with E-state index in [2.05, 4.69) is 0 Å². The summed E-state index contributed by atoms with van der Waals surface area (Å²) in [6, 6.07) is 2.34. The fraction of sp³-hybridized carbons (Fsp3) is 0.333. The molecule has 1 aromatic rings. The van der Waals surface area contributed by atoms with E-state index < -0.39 is 34.3 Å². The minimum Gasteiger partial charge on any atom is -0.478 e. The van der Waals surface area contributed by atoms with Gasteiger partial charge in [-0.15, -0.1) is 0 Å². The molecular weight excluding hydrogens is 227 g/mol. The smallest absolute Gasteiger partial charge is 0.338 e. The van der Waals surface area contributed by atoms with Crippen LogP contribution >= 0.6 is 0 Å². The lowest BCUT2D eigenvalue weighted by molar-refractivity contribution is 0.0687. The van der Waals surface area contributed by atoms with Crippen molar-refractivity contribution >= 4 is 11.9 Å². The van der Waals surface area contributed by atoms with Gasteiger partial charge in [-0.05, 0) is 23.1 Å². The predicted molar refractivity (Wildman–Crippen MR) is 59.0 cm³/mol. The van der Waals surface area contributed by atoms with Crippen molar-refractivity contribution in [2.45, 2.75) is 26.2 Å². The van der Waals surface area contributed by atoms with Gasteiger partial charge >= 0.3 is 11.9 Å². The van der Waals surface area contributed by atoms with Crippen LogP contribution in [0.3, 0.4) is 0 Å². The molecule has 0 unspecified atom stereocenters. The molecule has 17 heavy (non-hydrogen) atoms. The Labute approximate surface area is 97.7 Å². The van der Waals surface area contributed by atoms with Crippen molar-refractivity contribution < 1.29 is 24.2 Å². The molecule has 0 saturated carbocycles. The molecule has 2 N–H and O–H groups in total. The fourth-order valence-electron chi connectivity index (χ4n) is 1.37. The highest BCUT2D eigenvalue weighted by atomic mass is 19.1. The number of halogens is 1. The molecule has 0 amide bonds. The van der Waals surface area contributed by atoms with Gasteiger partial charge in [0.1, 0.15) is 0 Å². The van der Waals surface area contributed by atoms with Gasteiger partial charge in [0.15, 0.2) is 5.82 Å². The highest BCUT2D eigenvalue weighted by Crippen LogP contribution is 2.26. The average Bonchev–Trinajstić information content (AvgIpc) is 2.14. The van der Waals surface area contributed by atoms with E-state index in [0.29, 0.717) is 5.56 Å². The average molecular weight is 240 g/mol. The van der Waals surface area contributed by atoms with Crippen LogP contribution in [0, 0.1) is 5.82 Å². The molecule has 1 aromatic carbocycles. The van der Waals surface area contributed by atoms with Gasteiger partial charge in [0.2, 0.25) is 0 Å². The van der Waals surface area contributed by atoms with Crippen molar-refractivity contribution in [2.75, 3.05) is 0 Å². The van der Waals surface area contributed by atoms with E-state index in [4.69, 9.17) is 10.2 Å². The van der Waals surface area contributed by atoms with E-state index in [1.54, 1.807) is 20.8 Å². The highest BCUT2D eigenvalue weighted by molar-refractivity contribution is 5.94. The van der Waals surface area contributed by atoms with Crippen LogP contribution in [0.5, 0.6) is 0 Å². The number of rotatable bonds is 2. The molecule has 4 nitrogen and oxygen atoms in total. The third-order valence-electron chi connectivity index (χ3n) is 2.40. The summed E-state index contributed by atoms with van der Waals surface area (Å²) in [5, 5.41) is 17.7. The molecule has 0 aliphatic heterocycles. The third-order valence-corrected chi connectivity index (χ3v) is 2.40. The lowest BCUT2D eigenvalue weighted by Gasteiger charge is -2.20. The van der Waals surface area contributed by atoms with Crippen LogP contribution in [0.4, 0.5) is 4.39 Å². The van der Waals surface area contributed by atoms with Crippen LogP contribution in [0.1, 0.15) is 47.1 Å². The number of carboxylic acids is 2. The second-order valence-corrected chi connectivity index (χ2v) is 4.75. The van der Waals surface area contributed by atoms with Crippen molar-refractivity contribution in [2.24, 2.45) is 0 Å². The summed E-state index contributed by atoms with van der Waals surface area (Å²) in [5.41, 5.74) is -1.22. The fourth-order valence-corrected chi connectivity index (χ4v) is 1.37. The molecular formula is C12H13FO4. The van der Waals surface area contributed by atoms with Crippen molar-refractivity contribution in [3.8, 4) is 0 Å². The van der Waals surface area contributed by atoms with E-state index in [9.17, 15) is 14.0 Å². The molecule has 0 atom stereocenters. The van der Waals surface area contributed by atoms with Gasteiger partial charge in [0, 0.05) is 0 Å². The summed E-state index contributed by atoms with van der Waals surface area (Å²) in [7, 11) is 0. The number of aromatic carboxylic acids is 2. The predicted octanol–water partition coefficient (Wildman–Crippen LogP) is 2.52. The number of benzene rings is 1. The van der Waals surface area contributed by atoms with Crippen molar-refractivity contribution in [3.05, 3.63) is 34.6 Å². The van der Waals surface area contributed by atoms with Gasteiger partial charge in [-0.1, -0.05) is 20.8 Å². The lowest BCUT2D eigenvalue weighted by Crippen LogP contribution is -2.16. The molecule has 0 aliphatic rings. The minimum absolute atomic E-state index is 0.456. The molecule has 5 heteroatoms. The van der Waals surface area contributed by atoms with Gasteiger partial charge < -0.3 is 10.2 Å². The zero-order valence-electron chi connectivity index (χ0n) is 9.74. The quantitative estimate of drug-likeness (QED) is 0.832. The zero-order chi connectivity index (χ0) is 13.4. The Morgan fingerprint density at radius 3 is 1.65 bits per heavy atom. The molecule has 0 heterocycles.